The zero-order chi connectivity index (χ0) is 10.6. The highest BCUT2D eigenvalue weighted by Crippen LogP contribution is 2.18. The largest absolute Gasteiger partial charge is 0.469 e. The van der Waals surface area contributed by atoms with Gasteiger partial charge in [0.2, 0.25) is 0 Å². The Morgan fingerprint density at radius 2 is 2.36 bits per heavy atom. The molecule has 0 aromatic carbocycles. The second kappa shape index (κ2) is 5.32. The van der Waals surface area contributed by atoms with E-state index in [0.29, 0.717) is 13.0 Å². The molecule has 4 heteroatoms. The monoisotopic (exact) mass is 201 g/mol. The van der Waals surface area contributed by atoms with Gasteiger partial charge in [-0.15, -0.1) is 0 Å². The number of rotatable bonds is 3. The van der Waals surface area contributed by atoms with Crippen LogP contribution in [0.3, 0.4) is 0 Å². The van der Waals surface area contributed by atoms with Crippen LogP contribution < -0.4 is 0 Å². The SMILES string of the molecule is CCCN1CCC(O)C(C(=O)OC)C1. The fraction of sp³-hybridized carbons (Fsp3) is 0.900. The number of piperidine rings is 1. The molecule has 0 aromatic rings. The second-order valence-corrected chi connectivity index (χ2v) is 3.79. The van der Waals surface area contributed by atoms with Crippen molar-refractivity contribution in [3.05, 3.63) is 0 Å². The predicted molar refractivity (Wildman–Crippen MR) is 52.9 cm³/mol. The highest BCUT2D eigenvalue weighted by Gasteiger charge is 2.33. The van der Waals surface area contributed by atoms with Crippen LogP contribution in [0.5, 0.6) is 0 Å². The van der Waals surface area contributed by atoms with Crippen molar-refractivity contribution < 1.29 is 14.6 Å². The minimum Gasteiger partial charge on any atom is -0.469 e. The third-order valence-corrected chi connectivity index (χ3v) is 2.70. The van der Waals surface area contributed by atoms with Gasteiger partial charge < -0.3 is 14.7 Å². The molecule has 1 saturated heterocycles. The van der Waals surface area contributed by atoms with Gasteiger partial charge in [0, 0.05) is 13.1 Å². The van der Waals surface area contributed by atoms with Crippen LogP contribution in [0.4, 0.5) is 0 Å². The van der Waals surface area contributed by atoms with E-state index in [1.165, 1.54) is 7.11 Å². The summed E-state index contributed by atoms with van der Waals surface area (Å²) in [7, 11) is 1.37. The number of methoxy groups -OCH3 is 1. The van der Waals surface area contributed by atoms with Crippen LogP contribution in [0, 0.1) is 5.92 Å². The Labute approximate surface area is 84.8 Å². The molecule has 1 heterocycles. The molecule has 2 atom stereocenters. The van der Waals surface area contributed by atoms with E-state index < -0.39 is 6.10 Å². The standard InChI is InChI=1S/C10H19NO3/c1-3-5-11-6-4-9(12)8(7-11)10(13)14-2/h8-9,12H,3-7H2,1-2H3. The fourth-order valence-electron chi connectivity index (χ4n) is 1.91. The summed E-state index contributed by atoms with van der Waals surface area (Å²) in [5, 5.41) is 9.63. The van der Waals surface area contributed by atoms with Crippen molar-refractivity contribution in [3.63, 3.8) is 0 Å². The molecule has 1 aliphatic rings. The molecule has 1 fully saturated rings. The number of aliphatic hydroxyl groups is 1. The molecule has 14 heavy (non-hydrogen) atoms. The van der Waals surface area contributed by atoms with Gasteiger partial charge in [-0.3, -0.25) is 4.79 Å². The van der Waals surface area contributed by atoms with Crippen LogP contribution in [0.1, 0.15) is 19.8 Å². The van der Waals surface area contributed by atoms with Gasteiger partial charge in [0.1, 0.15) is 0 Å². The Morgan fingerprint density at radius 3 is 2.93 bits per heavy atom. The minimum atomic E-state index is -0.532. The maximum absolute atomic E-state index is 11.3. The molecule has 1 N–H and O–H groups in total. The number of carbonyl (C=O) groups is 1. The molecule has 0 bridgehead atoms. The lowest BCUT2D eigenvalue weighted by molar-refractivity contribution is -0.152. The Balaban J connectivity index is 2.50. The molecule has 82 valence electrons. The summed E-state index contributed by atoms with van der Waals surface area (Å²) < 4.78 is 4.66. The number of nitrogens with zero attached hydrogens (tertiary/aromatic N) is 1. The van der Waals surface area contributed by atoms with Crippen molar-refractivity contribution in [3.8, 4) is 0 Å². The Morgan fingerprint density at radius 1 is 1.64 bits per heavy atom. The van der Waals surface area contributed by atoms with Crippen molar-refractivity contribution in [1.29, 1.82) is 0 Å². The zero-order valence-electron chi connectivity index (χ0n) is 8.90. The minimum absolute atomic E-state index is 0.293. The van der Waals surface area contributed by atoms with Crippen LogP contribution in [0.15, 0.2) is 0 Å². The molecule has 0 saturated carbocycles. The first kappa shape index (κ1) is 11.5. The molecule has 0 radical (unpaired) electrons. The van der Waals surface area contributed by atoms with Crippen LogP contribution in [-0.2, 0) is 9.53 Å². The van der Waals surface area contributed by atoms with Crippen LogP contribution in [-0.4, -0.2) is 48.8 Å². The first-order chi connectivity index (χ1) is 6.69. The average molecular weight is 201 g/mol. The van der Waals surface area contributed by atoms with Crippen molar-refractivity contribution in [1.82, 2.24) is 4.90 Å². The van der Waals surface area contributed by atoms with E-state index in [-0.39, 0.29) is 11.9 Å². The summed E-state index contributed by atoms with van der Waals surface area (Å²) in [5.74, 6) is -0.654. The molecule has 0 amide bonds. The van der Waals surface area contributed by atoms with Crippen LogP contribution in [0.25, 0.3) is 0 Å². The predicted octanol–water partition coefficient (Wildman–Crippen LogP) is 0.252. The van der Waals surface area contributed by atoms with Gasteiger partial charge in [-0.1, -0.05) is 6.92 Å². The highest BCUT2D eigenvalue weighted by atomic mass is 16.5. The third-order valence-electron chi connectivity index (χ3n) is 2.70. The Hall–Kier alpha value is -0.610. The van der Waals surface area contributed by atoms with E-state index in [9.17, 15) is 9.90 Å². The van der Waals surface area contributed by atoms with Gasteiger partial charge in [0.15, 0.2) is 0 Å². The van der Waals surface area contributed by atoms with Gasteiger partial charge in [0.25, 0.3) is 0 Å². The lowest BCUT2D eigenvalue weighted by atomic mass is 9.95. The van der Waals surface area contributed by atoms with E-state index >= 15 is 0 Å². The van der Waals surface area contributed by atoms with Crippen molar-refractivity contribution in [2.45, 2.75) is 25.9 Å². The fourth-order valence-corrected chi connectivity index (χ4v) is 1.91. The molecule has 1 aliphatic heterocycles. The topological polar surface area (TPSA) is 49.8 Å². The molecule has 2 unspecified atom stereocenters. The number of hydrogen-bond donors (Lipinski definition) is 1. The van der Waals surface area contributed by atoms with Crippen molar-refractivity contribution in [2.75, 3.05) is 26.7 Å². The van der Waals surface area contributed by atoms with Gasteiger partial charge in [-0.25, -0.2) is 0 Å². The normalized spacial score (nSPS) is 28.8. The first-order valence-corrected chi connectivity index (χ1v) is 5.17. The molecular weight excluding hydrogens is 182 g/mol. The van der Waals surface area contributed by atoms with E-state index in [1.54, 1.807) is 0 Å². The lowest BCUT2D eigenvalue weighted by Crippen LogP contribution is -2.47. The number of aliphatic hydroxyl groups excluding tert-OH is 1. The number of carbonyl (C=O) groups excluding carboxylic acids is 1. The summed E-state index contributed by atoms with van der Waals surface area (Å²) in [6, 6.07) is 0. The average Bonchev–Trinajstić information content (AvgIpc) is 2.20. The van der Waals surface area contributed by atoms with E-state index in [4.69, 9.17) is 0 Å². The summed E-state index contributed by atoms with van der Waals surface area (Å²) in [5.41, 5.74) is 0. The van der Waals surface area contributed by atoms with Gasteiger partial charge in [0.05, 0.1) is 19.1 Å². The van der Waals surface area contributed by atoms with Crippen LogP contribution in [0.2, 0.25) is 0 Å². The van der Waals surface area contributed by atoms with E-state index in [1.807, 2.05) is 0 Å². The summed E-state index contributed by atoms with van der Waals surface area (Å²) in [6.45, 7) is 4.60. The molecule has 1 rings (SSSR count). The highest BCUT2D eigenvalue weighted by molar-refractivity contribution is 5.73. The maximum atomic E-state index is 11.3. The van der Waals surface area contributed by atoms with Gasteiger partial charge in [-0.05, 0) is 19.4 Å². The zero-order valence-corrected chi connectivity index (χ0v) is 8.90. The Kier molecular flexibility index (Phi) is 4.35. The number of likely N-dealkylation sites (tertiary alicyclic amines) is 1. The quantitative estimate of drug-likeness (QED) is 0.665. The summed E-state index contributed by atoms with van der Waals surface area (Å²) >= 11 is 0. The smallest absolute Gasteiger partial charge is 0.312 e. The summed E-state index contributed by atoms with van der Waals surface area (Å²) in [4.78, 5) is 13.5. The third kappa shape index (κ3) is 2.69. The molecule has 4 nitrogen and oxygen atoms in total. The number of esters is 1. The molecule has 0 spiro atoms. The second-order valence-electron chi connectivity index (χ2n) is 3.79. The maximum Gasteiger partial charge on any atom is 0.312 e. The van der Waals surface area contributed by atoms with E-state index in [0.717, 1.165) is 19.5 Å². The van der Waals surface area contributed by atoms with Crippen molar-refractivity contribution >= 4 is 5.97 Å². The molecular formula is C10H19NO3. The Bertz CT molecular complexity index is 196. The summed E-state index contributed by atoms with van der Waals surface area (Å²) in [6.07, 6.45) is 1.21. The number of hydrogen-bond acceptors (Lipinski definition) is 4. The van der Waals surface area contributed by atoms with E-state index in [2.05, 4.69) is 16.6 Å². The van der Waals surface area contributed by atoms with Crippen LogP contribution >= 0.6 is 0 Å². The van der Waals surface area contributed by atoms with Gasteiger partial charge >= 0.3 is 5.97 Å². The van der Waals surface area contributed by atoms with Gasteiger partial charge in [-0.2, -0.15) is 0 Å². The number of ether oxygens (including phenoxy) is 1. The first-order valence-electron chi connectivity index (χ1n) is 5.17. The van der Waals surface area contributed by atoms with Crippen molar-refractivity contribution in [2.24, 2.45) is 5.92 Å². The lowest BCUT2D eigenvalue weighted by Gasteiger charge is -2.34. The molecule has 0 aromatic heterocycles. The molecule has 0 aliphatic carbocycles.